The van der Waals surface area contributed by atoms with Gasteiger partial charge in [0.25, 0.3) is 5.91 Å². The molecule has 0 N–H and O–H groups in total. The van der Waals surface area contributed by atoms with Crippen molar-refractivity contribution in [1.29, 1.82) is 0 Å². The van der Waals surface area contributed by atoms with E-state index in [-0.39, 0.29) is 23.4 Å². The Bertz CT molecular complexity index is 855. The molecule has 148 valence electrons. The molecule has 8 heteroatoms. The fourth-order valence-electron chi connectivity index (χ4n) is 3.69. The van der Waals surface area contributed by atoms with Gasteiger partial charge in [-0.25, -0.2) is 0 Å². The molecule has 0 aliphatic carbocycles. The summed E-state index contributed by atoms with van der Waals surface area (Å²) in [6, 6.07) is 8.84. The molecule has 1 aromatic carbocycles. The summed E-state index contributed by atoms with van der Waals surface area (Å²) in [4.78, 5) is 29.0. The van der Waals surface area contributed by atoms with Gasteiger partial charge in [-0.2, -0.15) is 0 Å². The van der Waals surface area contributed by atoms with E-state index in [0.29, 0.717) is 63.0 Å². The molecule has 28 heavy (non-hydrogen) atoms. The highest BCUT2D eigenvalue weighted by molar-refractivity contribution is 6.30. The van der Waals surface area contributed by atoms with Crippen LogP contribution in [0.4, 0.5) is 0 Å². The number of hydrogen-bond donors (Lipinski definition) is 0. The van der Waals surface area contributed by atoms with E-state index >= 15 is 0 Å². The lowest BCUT2D eigenvalue weighted by molar-refractivity contribution is -0.141. The van der Waals surface area contributed by atoms with Crippen LogP contribution in [0.2, 0.25) is 5.02 Å². The number of hydrogen-bond acceptors (Lipinski definition) is 5. The van der Waals surface area contributed by atoms with E-state index in [2.05, 4.69) is 5.16 Å². The molecule has 2 aromatic rings. The molecule has 0 unspecified atom stereocenters. The minimum absolute atomic E-state index is 0.0264. The van der Waals surface area contributed by atoms with Gasteiger partial charge in [0.15, 0.2) is 11.5 Å². The molecule has 2 aliphatic rings. The standard InChI is InChI=1S/C20H22ClN3O4/c21-16-3-1-2-15(12-16)18-13-17(22-28-18)20(26)23-6-4-14(5-7-23)19(25)24-8-10-27-11-9-24/h1-3,12-14H,4-11H2. The van der Waals surface area contributed by atoms with Crippen LogP contribution in [-0.4, -0.2) is 66.2 Å². The van der Waals surface area contributed by atoms with E-state index in [1.807, 2.05) is 17.0 Å². The molecule has 0 radical (unpaired) electrons. The summed E-state index contributed by atoms with van der Waals surface area (Å²) in [7, 11) is 0. The Kier molecular flexibility index (Phi) is 5.64. The Hall–Kier alpha value is -2.38. The van der Waals surface area contributed by atoms with Crippen LogP contribution < -0.4 is 0 Å². The van der Waals surface area contributed by atoms with E-state index < -0.39 is 0 Å². The predicted molar refractivity (Wildman–Crippen MR) is 103 cm³/mol. The van der Waals surface area contributed by atoms with Crippen molar-refractivity contribution in [2.75, 3.05) is 39.4 Å². The van der Waals surface area contributed by atoms with Gasteiger partial charge in [0.2, 0.25) is 5.91 Å². The van der Waals surface area contributed by atoms with Gasteiger partial charge >= 0.3 is 0 Å². The lowest BCUT2D eigenvalue weighted by Gasteiger charge is -2.35. The number of piperidine rings is 1. The average molecular weight is 404 g/mol. The Balaban J connectivity index is 1.36. The summed E-state index contributed by atoms with van der Waals surface area (Å²) in [6.07, 6.45) is 1.34. The summed E-state index contributed by atoms with van der Waals surface area (Å²) in [5.41, 5.74) is 1.04. The van der Waals surface area contributed by atoms with E-state index in [1.165, 1.54) is 0 Å². The van der Waals surface area contributed by atoms with Crippen molar-refractivity contribution < 1.29 is 18.8 Å². The van der Waals surface area contributed by atoms with Crippen molar-refractivity contribution in [3.63, 3.8) is 0 Å². The fraction of sp³-hybridized carbons (Fsp3) is 0.450. The van der Waals surface area contributed by atoms with E-state index in [4.69, 9.17) is 20.9 Å². The van der Waals surface area contributed by atoms with Crippen LogP contribution in [0.5, 0.6) is 0 Å². The van der Waals surface area contributed by atoms with E-state index in [1.54, 1.807) is 23.1 Å². The lowest BCUT2D eigenvalue weighted by Crippen LogP contribution is -2.47. The van der Waals surface area contributed by atoms with Crippen LogP contribution in [0.15, 0.2) is 34.9 Å². The SMILES string of the molecule is O=C(c1cc(-c2cccc(Cl)c2)on1)N1CCC(C(=O)N2CCOCC2)CC1. The van der Waals surface area contributed by atoms with E-state index in [9.17, 15) is 9.59 Å². The Morgan fingerprint density at radius 1 is 1.04 bits per heavy atom. The normalized spacial score (nSPS) is 18.3. The van der Waals surface area contributed by atoms with Crippen LogP contribution in [0.25, 0.3) is 11.3 Å². The summed E-state index contributed by atoms with van der Waals surface area (Å²) in [6.45, 7) is 3.60. The number of rotatable bonds is 3. The average Bonchev–Trinajstić information content (AvgIpc) is 3.24. The third-order valence-corrected chi connectivity index (χ3v) is 5.53. The molecule has 2 fully saturated rings. The maximum atomic E-state index is 12.8. The molecule has 4 rings (SSSR count). The summed E-state index contributed by atoms with van der Waals surface area (Å²) >= 11 is 6.01. The van der Waals surface area contributed by atoms with Crippen molar-refractivity contribution in [3.05, 3.63) is 41.0 Å². The third-order valence-electron chi connectivity index (χ3n) is 5.29. The van der Waals surface area contributed by atoms with Gasteiger partial charge in [-0.05, 0) is 25.0 Å². The van der Waals surface area contributed by atoms with Crippen LogP contribution in [-0.2, 0) is 9.53 Å². The highest BCUT2D eigenvalue weighted by Gasteiger charge is 2.32. The zero-order chi connectivity index (χ0) is 19.5. The molecule has 2 amide bonds. The Labute approximate surface area is 168 Å². The second-order valence-electron chi connectivity index (χ2n) is 7.09. The van der Waals surface area contributed by atoms with Crippen molar-refractivity contribution in [3.8, 4) is 11.3 Å². The number of morpholine rings is 1. The first-order valence-electron chi connectivity index (χ1n) is 9.50. The van der Waals surface area contributed by atoms with Crippen molar-refractivity contribution in [2.45, 2.75) is 12.8 Å². The molecule has 7 nitrogen and oxygen atoms in total. The molecule has 0 saturated carbocycles. The minimum Gasteiger partial charge on any atom is -0.378 e. The molecule has 3 heterocycles. The Morgan fingerprint density at radius 2 is 1.79 bits per heavy atom. The van der Waals surface area contributed by atoms with Gasteiger partial charge in [0, 0.05) is 48.7 Å². The molecule has 2 aliphatic heterocycles. The first-order chi connectivity index (χ1) is 13.6. The van der Waals surface area contributed by atoms with Gasteiger partial charge in [0.1, 0.15) is 0 Å². The van der Waals surface area contributed by atoms with Gasteiger partial charge in [-0.1, -0.05) is 28.9 Å². The molecule has 1 aromatic heterocycles. The van der Waals surface area contributed by atoms with E-state index in [0.717, 1.165) is 5.56 Å². The van der Waals surface area contributed by atoms with Crippen LogP contribution in [0.3, 0.4) is 0 Å². The number of benzene rings is 1. The zero-order valence-corrected chi connectivity index (χ0v) is 16.2. The van der Waals surface area contributed by atoms with Gasteiger partial charge in [0.05, 0.1) is 13.2 Å². The number of ether oxygens (including phenoxy) is 1. The highest BCUT2D eigenvalue weighted by Crippen LogP contribution is 2.25. The van der Waals surface area contributed by atoms with Crippen molar-refractivity contribution in [1.82, 2.24) is 15.0 Å². The largest absolute Gasteiger partial charge is 0.378 e. The monoisotopic (exact) mass is 403 g/mol. The van der Waals surface area contributed by atoms with Crippen molar-refractivity contribution >= 4 is 23.4 Å². The Morgan fingerprint density at radius 3 is 2.50 bits per heavy atom. The summed E-state index contributed by atoms with van der Waals surface area (Å²) in [5, 5.41) is 4.52. The number of nitrogens with zero attached hydrogens (tertiary/aromatic N) is 3. The number of carbonyl (C=O) groups is 2. The van der Waals surface area contributed by atoms with Crippen LogP contribution in [0.1, 0.15) is 23.3 Å². The zero-order valence-electron chi connectivity index (χ0n) is 15.5. The number of amides is 2. The number of aromatic nitrogens is 1. The van der Waals surface area contributed by atoms with Gasteiger partial charge in [-0.3, -0.25) is 9.59 Å². The third kappa shape index (κ3) is 4.05. The molecular weight excluding hydrogens is 382 g/mol. The quantitative estimate of drug-likeness (QED) is 0.787. The number of halogens is 1. The lowest BCUT2D eigenvalue weighted by atomic mass is 9.95. The smallest absolute Gasteiger partial charge is 0.276 e. The van der Waals surface area contributed by atoms with Crippen LogP contribution in [0, 0.1) is 5.92 Å². The number of likely N-dealkylation sites (tertiary alicyclic amines) is 1. The molecular formula is C20H22ClN3O4. The molecule has 0 bridgehead atoms. The molecule has 0 spiro atoms. The van der Waals surface area contributed by atoms with Crippen LogP contribution >= 0.6 is 11.6 Å². The topological polar surface area (TPSA) is 75.9 Å². The minimum atomic E-state index is -0.172. The second-order valence-corrected chi connectivity index (χ2v) is 7.53. The van der Waals surface area contributed by atoms with Gasteiger partial charge in [-0.15, -0.1) is 0 Å². The fourth-order valence-corrected chi connectivity index (χ4v) is 3.88. The summed E-state index contributed by atoms with van der Waals surface area (Å²) in [5.74, 6) is 0.485. The summed E-state index contributed by atoms with van der Waals surface area (Å²) < 4.78 is 10.6. The maximum absolute atomic E-state index is 12.8. The highest BCUT2D eigenvalue weighted by atomic mass is 35.5. The molecule has 0 atom stereocenters. The second kappa shape index (κ2) is 8.32. The predicted octanol–water partition coefficient (Wildman–Crippen LogP) is 2.71. The maximum Gasteiger partial charge on any atom is 0.276 e. The van der Waals surface area contributed by atoms with Crippen molar-refractivity contribution in [2.24, 2.45) is 5.92 Å². The first-order valence-corrected chi connectivity index (χ1v) is 9.88. The van der Waals surface area contributed by atoms with Gasteiger partial charge < -0.3 is 19.1 Å². The first kappa shape index (κ1) is 19.0. The molecule has 2 saturated heterocycles. The number of carbonyl (C=O) groups excluding carboxylic acids is 2.